The van der Waals surface area contributed by atoms with Gasteiger partial charge in [0.15, 0.2) is 0 Å². The third kappa shape index (κ3) is 4.56. The van der Waals surface area contributed by atoms with Crippen molar-refractivity contribution in [3.05, 3.63) is 106 Å². The lowest BCUT2D eigenvalue weighted by molar-refractivity contribution is 0.0710. The first-order valence-electron chi connectivity index (χ1n) is 12.3. The number of hydrogen-bond acceptors (Lipinski definition) is 5. The highest BCUT2D eigenvalue weighted by atomic mass is 32.1. The fourth-order valence-electron chi connectivity index (χ4n) is 5.08. The van der Waals surface area contributed by atoms with Gasteiger partial charge >= 0.3 is 4.87 Å². The van der Waals surface area contributed by atoms with Crippen LogP contribution in [0.4, 0.5) is 0 Å². The molecule has 1 N–H and O–H groups in total. The number of carbonyl (C=O) groups is 1. The fraction of sp³-hybridized carbons (Fsp3) is 0.207. The van der Waals surface area contributed by atoms with E-state index in [-0.39, 0.29) is 22.4 Å². The van der Waals surface area contributed by atoms with Crippen LogP contribution in [0.5, 0.6) is 5.75 Å². The Morgan fingerprint density at radius 3 is 2.35 bits per heavy atom. The molecule has 5 aromatic rings. The summed E-state index contributed by atoms with van der Waals surface area (Å²) in [5.41, 5.74) is 3.60. The molecule has 0 spiro atoms. The summed E-state index contributed by atoms with van der Waals surface area (Å²) in [6.07, 6.45) is 5.38. The number of nitrogens with zero attached hydrogens (tertiary/aromatic N) is 4. The summed E-state index contributed by atoms with van der Waals surface area (Å²) in [7, 11) is 0. The van der Waals surface area contributed by atoms with E-state index in [2.05, 4.69) is 9.55 Å². The lowest BCUT2D eigenvalue weighted by Gasteiger charge is -2.32. The van der Waals surface area contributed by atoms with Crippen molar-refractivity contribution in [3.63, 3.8) is 0 Å². The number of phenols is 1. The van der Waals surface area contributed by atoms with Crippen LogP contribution in [0, 0.1) is 0 Å². The Hall–Kier alpha value is -4.17. The van der Waals surface area contributed by atoms with Crippen LogP contribution < -0.4 is 4.87 Å². The number of likely N-dealkylation sites (tertiary alicyclic amines) is 1. The van der Waals surface area contributed by atoms with Crippen molar-refractivity contribution in [1.29, 1.82) is 0 Å². The maximum atomic E-state index is 13.2. The maximum Gasteiger partial charge on any atom is 0.309 e. The topological polar surface area (TPSA) is 80.4 Å². The maximum absolute atomic E-state index is 13.2. The van der Waals surface area contributed by atoms with Crippen molar-refractivity contribution in [2.45, 2.75) is 25.4 Å². The number of thiazole rings is 1. The fourth-order valence-corrected chi connectivity index (χ4v) is 5.97. The number of phenolic OH excluding ortho intramolecular Hbond substituents is 1. The highest BCUT2D eigenvalue weighted by molar-refractivity contribution is 7.16. The highest BCUT2D eigenvalue weighted by Gasteiger charge is 2.27. The zero-order valence-electron chi connectivity index (χ0n) is 20.2. The molecule has 0 atom stereocenters. The van der Waals surface area contributed by atoms with Crippen LogP contribution >= 0.6 is 11.3 Å². The summed E-state index contributed by atoms with van der Waals surface area (Å²) in [6.45, 7) is 1.76. The van der Waals surface area contributed by atoms with Gasteiger partial charge in [-0.05, 0) is 60.4 Å². The number of piperidine rings is 1. The molecule has 0 aliphatic carbocycles. The number of benzene rings is 3. The molecule has 37 heavy (non-hydrogen) atoms. The van der Waals surface area contributed by atoms with E-state index in [1.807, 2.05) is 71.8 Å². The second-order valence-electron chi connectivity index (χ2n) is 9.35. The van der Waals surface area contributed by atoms with Crippen molar-refractivity contribution < 1.29 is 9.90 Å². The molecule has 2 aromatic heterocycles. The summed E-state index contributed by atoms with van der Waals surface area (Å²) >= 11 is 1.26. The van der Waals surface area contributed by atoms with Gasteiger partial charge in [0, 0.05) is 37.0 Å². The van der Waals surface area contributed by atoms with Crippen molar-refractivity contribution in [3.8, 4) is 16.9 Å². The summed E-state index contributed by atoms with van der Waals surface area (Å²) in [5, 5.41) is 9.50. The molecule has 7 nitrogen and oxygen atoms in total. The summed E-state index contributed by atoms with van der Waals surface area (Å²) in [6, 6.07) is 22.5. The number of aromatic hydroxyl groups is 1. The lowest BCUT2D eigenvalue weighted by atomic mass is 9.95. The van der Waals surface area contributed by atoms with Crippen LogP contribution in [0.3, 0.4) is 0 Å². The molecule has 0 radical (unpaired) electrons. The molecule has 1 amide bonds. The van der Waals surface area contributed by atoms with Gasteiger partial charge in [0.2, 0.25) is 0 Å². The van der Waals surface area contributed by atoms with Gasteiger partial charge in [-0.3, -0.25) is 14.2 Å². The molecule has 1 aliphatic heterocycles. The van der Waals surface area contributed by atoms with Gasteiger partial charge in [-0.2, -0.15) is 0 Å². The minimum absolute atomic E-state index is 0.0256. The van der Waals surface area contributed by atoms with Gasteiger partial charge < -0.3 is 14.6 Å². The van der Waals surface area contributed by atoms with E-state index in [4.69, 9.17) is 0 Å². The lowest BCUT2D eigenvalue weighted by Crippen LogP contribution is -2.38. The molecule has 6 rings (SSSR count). The van der Waals surface area contributed by atoms with E-state index in [1.165, 1.54) is 11.3 Å². The average Bonchev–Trinajstić information content (AvgIpc) is 3.53. The third-order valence-corrected chi connectivity index (χ3v) is 8.06. The van der Waals surface area contributed by atoms with Crippen LogP contribution in [0.1, 0.15) is 34.9 Å². The number of rotatable bonds is 5. The first-order valence-corrected chi connectivity index (χ1v) is 13.2. The monoisotopic (exact) mass is 510 g/mol. The normalized spacial score (nSPS) is 14.3. The summed E-state index contributed by atoms with van der Waals surface area (Å²) < 4.78 is 4.84. The molecule has 1 fully saturated rings. The Bertz CT molecular complexity index is 1610. The van der Waals surface area contributed by atoms with E-state index in [1.54, 1.807) is 22.9 Å². The molecular weight excluding hydrogens is 484 g/mol. The van der Waals surface area contributed by atoms with Gasteiger partial charge in [-0.1, -0.05) is 47.7 Å². The molecule has 8 heteroatoms. The van der Waals surface area contributed by atoms with E-state index in [9.17, 15) is 14.7 Å². The first kappa shape index (κ1) is 23.2. The Morgan fingerprint density at radius 2 is 1.62 bits per heavy atom. The first-order chi connectivity index (χ1) is 18.1. The van der Waals surface area contributed by atoms with Gasteiger partial charge in [0.1, 0.15) is 18.2 Å². The highest BCUT2D eigenvalue weighted by Crippen LogP contribution is 2.29. The van der Waals surface area contributed by atoms with Crippen LogP contribution in [0.25, 0.3) is 21.3 Å². The third-order valence-electron chi connectivity index (χ3n) is 7.09. The minimum Gasteiger partial charge on any atom is -0.508 e. The molecular formula is C29H26N4O3S. The Labute approximate surface area is 217 Å². The molecule has 0 saturated carbocycles. The molecule has 0 bridgehead atoms. The van der Waals surface area contributed by atoms with Crippen LogP contribution in [-0.4, -0.2) is 43.1 Å². The molecule has 1 aliphatic rings. The molecule has 3 heterocycles. The van der Waals surface area contributed by atoms with Crippen molar-refractivity contribution in [2.24, 2.45) is 0 Å². The quantitative estimate of drug-likeness (QED) is 0.354. The van der Waals surface area contributed by atoms with Crippen molar-refractivity contribution >= 4 is 27.5 Å². The van der Waals surface area contributed by atoms with Crippen LogP contribution in [0.15, 0.2) is 90.0 Å². The molecule has 1 saturated heterocycles. The number of carbonyl (C=O) groups excluding carboxylic acids is 1. The summed E-state index contributed by atoms with van der Waals surface area (Å²) in [4.78, 5) is 32.3. The van der Waals surface area contributed by atoms with E-state index in [0.29, 0.717) is 25.3 Å². The van der Waals surface area contributed by atoms with Gasteiger partial charge in [-0.25, -0.2) is 4.98 Å². The number of aromatic nitrogens is 3. The zero-order valence-corrected chi connectivity index (χ0v) is 21.0. The average molecular weight is 511 g/mol. The van der Waals surface area contributed by atoms with Crippen molar-refractivity contribution in [1.82, 2.24) is 19.0 Å². The van der Waals surface area contributed by atoms with Crippen molar-refractivity contribution in [2.75, 3.05) is 13.1 Å². The second kappa shape index (κ2) is 9.71. The zero-order chi connectivity index (χ0) is 25.4. The number of para-hydroxylation sites is 1. The summed E-state index contributed by atoms with van der Waals surface area (Å²) in [5.74, 6) is 1.47. The Balaban J connectivity index is 1.12. The Kier molecular flexibility index (Phi) is 6.10. The Morgan fingerprint density at radius 1 is 0.946 bits per heavy atom. The van der Waals surface area contributed by atoms with Crippen LogP contribution in [0.2, 0.25) is 0 Å². The second-order valence-corrected chi connectivity index (χ2v) is 10.3. The van der Waals surface area contributed by atoms with E-state index >= 15 is 0 Å². The molecule has 186 valence electrons. The molecule has 3 aromatic carbocycles. The predicted molar refractivity (Wildman–Crippen MR) is 145 cm³/mol. The van der Waals surface area contributed by atoms with E-state index in [0.717, 1.165) is 40.0 Å². The number of fused-ring (bicyclic) bond motifs is 1. The standard InChI is InChI=1S/C29H26N4O3S/c34-24-11-9-21(10-12-24)20-5-7-23(8-6-20)28(35)31-16-13-22(14-17-31)27-30-15-18-32(27)19-33-25-3-1-2-4-26(25)37-29(33)36/h1-12,15,18,22,34H,13-14,16-17,19H2. The van der Waals surface area contributed by atoms with Gasteiger partial charge in [0.25, 0.3) is 5.91 Å². The predicted octanol–water partition coefficient (Wildman–Crippen LogP) is 5.16. The SMILES string of the molecule is O=C(c1ccc(-c2ccc(O)cc2)cc1)N1CCC(c2nccn2Cn2c(=O)sc3ccccc32)CC1. The van der Waals surface area contributed by atoms with E-state index < -0.39 is 0 Å². The smallest absolute Gasteiger partial charge is 0.309 e. The molecule has 0 unspecified atom stereocenters. The van der Waals surface area contributed by atoms with Gasteiger partial charge in [0.05, 0.1) is 10.2 Å². The number of amides is 1. The minimum atomic E-state index is 0.0256. The number of imidazole rings is 1. The van der Waals surface area contributed by atoms with Crippen LogP contribution in [-0.2, 0) is 6.67 Å². The largest absolute Gasteiger partial charge is 0.508 e. The van der Waals surface area contributed by atoms with Gasteiger partial charge in [-0.15, -0.1) is 0 Å². The number of hydrogen-bond donors (Lipinski definition) is 1.